The van der Waals surface area contributed by atoms with Crippen LogP contribution in [0.4, 0.5) is 5.69 Å². The van der Waals surface area contributed by atoms with Gasteiger partial charge in [-0.2, -0.15) is 0 Å². The number of aryl methyl sites for hydroxylation is 1. The molecule has 0 aliphatic heterocycles. The van der Waals surface area contributed by atoms with Gasteiger partial charge in [0, 0.05) is 25.5 Å². The smallest absolute Gasteiger partial charge is 0.276 e. The number of imidazole rings is 1. The number of aromatic nitrogens is 2. The van der Waals surface area contributed by atoms with E-state index in [1.54, 1.807) is 39.2 Å². The molecular weight excluding hydrogens is 284 g/mol. The number of nitrogens with zero attached hydrogens (tertiary/aromatic N) is 2. The predicted octanol–water partition coefficient (Wildman–Crippen LogP) is 1.68. The quantitative estimate of drug-likeness (QED) is 0.899. The summed E-state index contributed by atoms with van der Waals surface area (Å²) in [5.41, 5.74) is 1.87. The number of rotatable bonds is 4. The maximum atomic E-state index is 12.2. The second kappa shape index (κ2) is 6.30. The Labute approximate surface area is 128 Å². The van der Waals surface area contributed by atoms with Crippen molar-refractivity contribution < 1.29 is 14.3 Å². The van der Waals surface area contributed by atoms with Crippen molar-refractivity contribution >= 4 is 17.5 Å². The number of hydrogen-bond acceptors (Lipinski definition) is 4. The molecule has 0 radical (unpaired) electrons. The maximum absolute atomic E-state index is 12.2. The van der Waals surface area contributed by atoms with Gasteiger partial charge >= 0.3 is 0 Å². The highest BCUT2D eigenvalue weighted by atomic mass is 16.5. The highest BCUT2D eigenvalue weighted by molar-refractivity contribution is 6.05. The number of carbonyl (C=O) groups excluding carboxylic acids is 2. The zero-order chi connectivity index (χ0) is 16.3. The van der Waals surface area contributed by atoms with Crippen molar-refractivity contribution in [2.45, 2.75) is 6.92 Å². The topological polar surface area (TPSA) is 87.3 Å². The van der Waals surface area contributed by atoms with Crippen molar-refractivity contribution in [2.75, 3.05) is 26.5 Å². The van der Waals surface area contributed by atoms with Crippen molar-refractivity contribution in [3.63, 3.8) is 0 Å². The number of carbonyl (C=O) groups is 2. The third-order valence-electron chi connectivity index (χ3n) is 3.14. The number of amides is 2. The highest BCUT2D eigenvalue weighted by Crippen LogP contribution is 2.24. The second-order valence-corrected chi connectivity index (χ2v) is 4.94. The minimum absolute atomic E-state index is 0.205. The molecule has 0 unspecified atom stereocenters. The van der Waals surface area contributed by atoms with Gasteiger partial charge in [-0.05, 0) is 25.1 Å². The summed E-state index contributed by atoms with van der Waals surface area (Å²) in [5.74, 6) is -0.0938. The van der Waals surface area contributed by atoms with Gasteiger partial charge in [0.1, 0.15) is 11.4 Å². The molecule has 2 N–H and O–H groups in total. The van der Waals surface area contributed by atoms with Crippen LogP contribution in [0.25, 0.3) is 0 Å². The number of methoxy groups -OCH3 is 1. The van der Waals surface area contributed by atoms with Crippen molar-refractivity contribution in [1.29, 1.82) is 0 Å². The van der Waals surface area contributed by atoms with Crippen molar-refractivity contribution in [3.05, 3.63) is 41.5 Å². The highest BCUT2D eigenvalue weighted by Gasteiger charge is 2.17. The molecule has 2 rings (SSSR count). The van der Waals surface area contributed by atoms with E-state index in [1.165, 1.54) is 18.3 Å². The standard InChI is InChI=1S/C15H18N4O3/c1-9-13(17-8-16-9)14(20)18-10-5-6-12(22-4)11(7-10)15(21)19(2)3/h5-8H,1-4H3,(H,16,17)(H,18,20). The first-order chi connectivity index (χ1) is 10.4. The van der Waals surface area contributed by atoms with Gasteiger partial charge in [-0.25, -0.2) is 4.98 Å². The molecule has 0 fully saturated rings. The Balaban J connectivity index is 2.29. The Morgan fingerprint density at radius 1 is 1.32 bits per heavy atom. The number of hydrogen-bond donors (Lipinski definition) is 2. The summed E-state index contributed by atoms with van der Waals surface area (Å²) in [6.07, 6.45) is 1.46. The Morgan fingerprint density at radius 3 is 2.59 bits per heavy atom. The first kappa shape index (κ1) is 15.6. The Kier molecular flexibility index (Phi) is 4.45. The second-order valence-electron chi connectivity index (χ2n) is 4.94. The van der Waals surface area contributed by atoms with Crippen LogP contribution in [0.3, 0.4) is 0 Å². The number of ether oxygens (including phenoxy) is 1. The summed E-state index contributed by atoms with van der Waals surface area (Å²) in [4.78, 5) is 32.6. The van der Waals surface area contributed by atoms with Gasteiger partial charge in [0.2, 0.25) is 0 Å². The normalized spacial score (nSPS) is 10.2. The molecule has 22 heavy (non-hydrogen) atoms. The van der Waals surface area contributed by atoms with Crippen LogP contribution in [0, 0.1) is 6.92 Å². The number of benzene rings is 1. The fraction of sp³-hybridized carbons (Fsp3) is 0.267. The van der Waals surface area contributed by atoms with Crippen LogP contribution in [0.2, 0.25) is 0 Å². The van der Waals surface area contributed by atoms with Crippen LogP contribution in [0.1, 0.15) is 26.5 Å². The van der Waals surface area contributed by atoms with Crippen molar-refractivity contribution in [3.8, 4) is 5.75 Å². The van der Waals surface area contributed by atoms with Gasteiger partial charge in [0.25, 0.3) is 11.8 Å². The fourth-order valence-corrected chi connectivity index (χ4v) is 1.97. The fourth-order valence-electron chi connectivity index (χ4n) is 1.97. The zero-order valence-corrected chi connectivity index (χ0v) is 12.9. The molecule has 2 aromatic rings. The summed E-state index contributed by atoms with van der Waals surface area (Å²) >= 11 is 0. The molecule has 2 amide bonds. The minimum atomic E-state index is -0.341. The maximum Gasteiger partial charge on any atom is 0.276 e. The Hall–Kier alpha value is -2.83. The zero-order valence-electron chi connectivity index (χ0n) is 12.9. The van der Waals surface area contributed by atoms with E-state index in [4.69, 9.17) is 4.74 Å². The summed E-state index contributed by atoms with van der Waals surface area (Å²) in [5, 5.41) is 2.72. The number of anilines is 1. The van der Waals surface area contributed by atoms with Gasteiger partial charge in [-0.3, -0.25) is 9.59 Å². The Bertz CT molecular complexity index is 707. The van der Waals surface area contributed by atoms with E-state index in [0.717, 1.165) is 0 Å². The predicted molar refractivity (Wildman–Crippen MR) is 82.3 cm³/mol. The van der Waals surface area contributed by atoms with Crippen LogP contribution < -0.4 is 10.1 Å². The average Bonchev–Trinajstić information content (AvgIpc) is 2.92. The Morgan fingerprint density at radius 2 is 2.05 bits per heavy atom. The van der Waals surface area contributed by atoms with Gasteiger partial charge in [-0.15, -0.1) is 0 Å². The first-order valence-corrected chi connectivity index (χ1v) is 6.65. The molecule has 7 nitrogen and oxygen atoms in total. The van der Waals surface area contributed by atoms with Gasteiger partial charge in [0.15, 0.2) is 0 Å². The van der Waals surface area contributed by atoms with E-state index >= 15 is 0 Å². The molecular formula is C15H18N4O3. The summed E-state index contributed by atoms with van der Waals surface area (Å²) in [7, 11) is 4.80. The lowest BCUT2D eigenvalue weighted by Gasteiger charge is -2.15. The van der Waals surface area contributed by atoms with Crippen molar-refractivity contribution in [2.24, 2.45) is 0 Å². The lowest BCUT2D eigenvalue weighted by atomic mass is 10.1. The molecule has 7 heteroatoms. The minimum Gasteiger partial charge on any atom is -0.496 e. The van der Waals surface area contributed by atoms with E-state index in [2.05, 4.69) is 15.3 Å². The molecule has 1 heterocycles. The van der Waals surface area contributed by atoms with Crippen LogP contribution in [0.15, 0.2) is 24.5 Å². The van der Waals surface area contributed by atoms with Gasteiger partial charge in [-0.1, -0.05) is 0 Å². The van der Waals surface area contributed by atoms with Gasteiger partial charge < -0.3 is 19.9 Å². The molecule has 1 aromatic heterocycles. The summed E-state index contributed by atoms with van der Waals surface area (Å²) in [6.45, 7) is 1.76. The molecule has 0 aliphatic rings. The molecule has 0 bridgehead atoms. The average molecular weight is 302 g/mol. The van der Waals surface area contributed by atoms with E-state index in [0.29, 0.717) is 28.4 Å². The summed E-state index contributed by atoms with van der Waals surface area (Å²) in [6, 6.07) is 4.90. The number of H-pyrrole nitrogens is 1. The molecule has 116 valence electrons. The monoisotopic (exact) mass is 302 g/mol. The van der Waals surface area contributed by atoms with E-state index in [1.807, 2.05) is 0 Å². The van der Waals surface area contributed by atoms with Crippen molar-refractivity contribution in [1.82, 2.24) is 14.9 Å². The molecule has 0 spiro atoms. The lowest BCUT2D eigenvalue weighted by molar-refractivity contribution is 0.0824. The van der Waals surface area contributed by atoms with Crippen LogP contribution in [-0.4, -0.2) is 47.9 Å². The number of nitrogens with one attached hydrogen (secondary N) is 2. The molecule has 1 aromatic carbocycles. The molecule has 0 saturated heterocycles. The first-order valence-electron chi connectivity index (χ1n) is 6.65. The third kappa shape index (κ3) is 3.08. The van der Waals surface area contributed by atoms with Crippen LogP contribution >= 0.6 is 0 Å². The molecule has 0 atom stereocenters. The molecule has 0 aliphatic carbocycles. The van der Waals surface area contributed by atoms with Crippen LogP contribution in [0.5, 0.6) is 5.75 Å². The summed E-state index contributed by atoms with van der Waals surface area (Å²) < 4.78 is 5.19. The van der Waals surface area contributed by atoms with E-state index < -0.39 is 0 Å². The SMILES string of the molecule is COc1ccc(NC(=O)c2nc[nH]c2C)cc1C(=O)N(C)C. The number of aromatic amines is 1. The lowest BCUT2D eigenvalue weighted by Crippen LogP contribution is -2.22. The van der Waals surface area contributed by atoms with E-state index in [9.17, 15) is 9.59 Å². The largest absolute Gasteiger partial charge is 0.496 e. The van der Waals surface area contributed by atoms with Gasteiger partial charge in [0.05, 0.1) is 19.0 Å². The third-order valence-corrected chi connectivity index (χ3v) is 3.14. The molecule has 0 saturated carbocycles. The van der Waals surface area contributed by atoms with Crippen LogP contribution in [-0.2, 0) is 0 Å². The van der Waals surface area contributed by atoms with E-state index in [-0.39, 0.29) is 11.8 Å².